The van der Waals surface area contributed by atoms with Crippen molar-refractivity contribution in [2.45, 2.75) is 40.2 Å². The maximum atomic E-state index is 9.55. The number of carboxylic acids is 2. The van der Waals surface area contributed by atoms with E-state index >= 15 is 0 Å². The number of nitrogens with zero attached hydrogens (tertiary/aromatic N) is 2. The predicted octanol–water partition coefficient (Wildman–Crippen LogP) is 3.35. The van der Waals surface area contributed by atoms with Crippen LogP contribution >= 0.6 is 11.3 Å². The third-order valence-electron chi connectivity index (χ3n) is 2.96. The number of carboxylic acid groups (broad SMARTS) is 2. The summed E-state index contributed by atoms with van der Waals surface area (Å²) in [6.45, 7) is 9.38. The molecule has 2 aromatic rings. The summed E-state index contributed by atoms with van der Waals surface area (Å²) in [5, 5.41) is 25.5. The van der Waals surface area contributed by atoms with E-state index in [4.69, 9.17) is 10.2 Å². The first-order valence-corrected chi connectivity index (χ1v) is 9.02. The fourth-order valence-corrected chi connectivity index (χ4v) is 2.73. The molecule has 0 saturated heterocycles. The molecule has 26 heavy (non-hydrogen) atoms. The van der Waals surface area contributed by atoms with Gasteiger partial charge in [-0.1, -0.05) is 6.92 Å². The van der Waals surface area contributed by atoms with Crippen molar-refractivity contribution in [1.29, 1.82) is 0 Å². The third-order valence-corrected chi connectivity index (χ3v) is 3.86. The largest absolute Gasteiger partial charge is 0.478 e. The number of rotatable bonds is 7. The molecule has 0 amide bonds. The highest BCUT2D eigenvalue weighted by molar-refractivity contribution is 7.11. The van der Waals surface area contributed by atoms with Crippen molar-refractivity contribution in [2.75, 3.05) is 17.2 Å². The first kappa shape index (κ1) is 21.4. The molecule has 0 unspecified atom stereocenters. The van der Waals surface area contributed by atoms with Crippen molar-refractivity contribution < 1.29 is 19.8 Å². The van der Waals surface area contributed by atoms with Crippen LogP contribution in [0.3, 0.4) is 0 Å². The van der Waals surface area contributed by atoms with E-state index in [2.05, 4.69) is 53.7 Å². The van der Waals surface area contributed by atoms with Crippen molar-refractivity contribution >= 4 is 45.9 Å². The molecule has 0 bridgehead atoms. The second kappa shape index (κ2) is 10.3. The monoisotopic (exact) mass is 380 g/mol. The number of hydrogen-bond donors (Lipinski definition) is 4. The number of hydrogen-bond acceptors (Lipinski definition) is 7. The van der Waals surface area contributed by atoms with Gasteiger partial charge in [-0.2, -0.15) is 4.98 Å². The number of thiophene rings is 1. The van der Waals surface area contributed by atoms with Crippen LogP contribution in [0.15, 0.2) is 17.5 Å². The number of aliphatic carboxylic acids is 2. The molecule has 0 radical (unpaired) electrons. The Hall–Kier alpha value is -2.68. The Labute approximate surface area is 156 Å². The van der Waals surface area contributed by atoms with Crippen LogP contribution in [-0.2, 0) is 9.59 Å². The lowest BCUT2D eigenvalue weighted by molar-refractivity contribution is -0.134. The molecule has 2 aromatic heterocycles. The lowest BCUT2D eigenvalue weighted by Crippen LogP contribution is -2.13. The summed E-state index contributed by atoms with van der Waals surface area (Å²) in [6.07, 6.45) is 2.18. The summed E-state index contributed by atoms with van der Waals surface area (Å²) in [5.41, 5.74) is 1.02. The standard InChI is InChI=1S/C13H20N4S.C4H4O4/c1-5-6-14-13-16-10-7-18-9(4)11(10)12(17-13)15-8(2)3;5-3(6)1-2-4(7)8/h7-8H,5-6H2,1-4H3,(H2,14,15,16,17);1-2H,(H,5,6)(H,7,8). The zero-order valence-corrected chi connectivity index (χ0v) is 16.1. The summed E-state index contributed by atoms with van der Waals surface area (Å²) < 4.78 is 0. The number of nitrogens with one attached hydrogen (secondary N) is 2. The summed E-state index contributed by atoms with van der Waals surface area (Å²) >= 11 is 1.72. The van der Waals surface area contributed by atoms with Crippen LogP contribution in [0.25, 0.3) is 10.9 Å². The van der Waals surface area contributed by atoms with E-state index in [-0.39, 0.29) is 0 Å². The Kier molecular flexibility index (Phi) is 8.50. The minimum absolute atomic E-state index is 0.362. The maximum absolute atomic E-state index is 9.55. The normalized spacial score (nSPS) is 10.7. The molecule has 0 aromatic carbocycles. The summed E-state index contributed by atoms with van der Waals surface area (Å²) in [4.78, 5) is 29.5. The molecule has 2 heterocycles. The molecule has 9 heteroatoms. The van der Waals surface area contributed by atoms with Crippen LogP contribution in [-0.4, -0.2) is 44.7 Å². The molecule has 0 aliphatic rings. The van der Waals surface area contributed by atoms with Crippen molar-refractivity contribution in [3.05, 3.63) is 22.4 Å². The quantitative estimate of drug-likeness (QED) is 0.539. The molecule has 0 spiro atoms. The number of anilines is 2. The maximum Gasteiger partial charge on any atom is 0.328 e. The first-order chi connectivity index (χ1) is 12.2. The SMILES string of the molecule is CCCNc1nc(NC(C)C)c2c(C)scc2n1.O=C(O)C=CC(=O)O. The van der Waals surface area contributed by atoms with Crippen LogP contribution < -0.4 is 10.6 Å². The minimum Gasteiger partial charge on any atom is -0.478 e. The van der Waals surface area contributed by atoms with Gasteiger partial charge in [0.25, 0.3) is 0 Å². The molecule has 0 saturated carbocycles. The lowest BCUT2D eigenvalue weighted by atomic mass is 10.2. The van der Waals surface area contributed by atoms with Gasteiger partial charge in [-0.25, -0.2) is 14.6 Å². The van der Waals surface area contributed by atoms with Crippen molar-refractivity contribution in [3.8, 4) is 0 Å². The van der Waals surface area contributed by atoms with Crippen LogP contribution in [0.1, 0.15) is 32.1 Å². The Morgan fingerprint density at radius 1 is 1.23 bits per heavy atom. The van der Waals surface area contributed by atoms with Crippen LogP contribution in [0, 0.1) is 6.92 Å². The van der Waals surface area contributed by atoms with Crippen LogP contribution in [0.5, 0.6) is 0 Å². The smallest absolute Gasteiger partial charge is 0.328 e. The van der Waals surface area contributed by atoms with Crippen LogP contribution in [0.4, 0.5) is 11.8 Å². The van der Waals surface area contributed by atoms with Gasteiger partial charge in [-0.05, 0) is 27.2 Å². The minimum atomic E-state index is -1.26. The zero-order chi connectivity index (χ0) is 19.7. The third kappa shape index (κ3) is 7.06. The number of fused-ring (bicyclic) bond motifs is 1. The van der Waals surface area contributed by atoms with E-state index < -0.39 is 11.9 Å². The van der Waals surface area contributed by atoms with Gasteiger partial charge in [0.1, 0.15) is 5.82 Å². The van der Waals surface area contributed by atoms with Gasteiger partial charge < -0.3 is 20.8 Å². The van der Waals surface area contributed by atoms with Gasteiger partial charge in [-0.15, -0.1) is 11.3 Å². The Morgan fingerprint density at radius 3 is 2.35 bits per heavy atom. The molecule has 142 valence electrons. The van der Waals surface area contributed by atoms with Gasteiger partial charge >= 0.3 is 11.9 Å². The van der Waals surface area contributed by atoms with E-state index in [0.717, 1.165) is 29.7 Å². The molecule has 0 fully saturated rings. The van der Waals surface area contributed by atoms with Crippen molar-refractivity contribution in [3.63, 3.8) is 0 Å². The highest BCUT2D eigenvalue weighted by atomic mass is 32.1. The van der Waals surface area contributed by atoms with E-state index in [9.17, 15) is 9.59 Å². The molecule has 4 N–H and O–H groups in total. The van der Waals surface area contributed by atoms with E-state index in [1.807, 2.05) is 0 Å². The van der Waals surface area contributed by atoms with Crippen molar-refractivity contribution in [2.24, 2.45) is 0 Å². The molecule has 8 nitrogen and oxygen atoms in total. The second-order valence-electron chi connectivity index (χ2n) is 5.68. The average molecular weight is 380 g/mol. The molecular formula is C17H24N4O4S. The summed E-state index contributed by atoms with van der Waals surface area (Å²) in [6, 6.07) is 0.362. The fraction of sp³-hybridized carbons (Fsp3) is 0.412. The fourth-order valence-electron chi connectivity index (χ4n) is 1.95. The van der Waals surface area contributed by atoms with Gasteiger partial charge in [0, 0.05) is 35.0 Å². The van der Waals surface area contributed by atoms with Gasteiger partial charge in [-0.3, -0.25) is 0 Å². The lowest BCUT2D eigenvalue weighted by Gasteiger charge is -2.12. The number of carbonyl (C=O) groups is 2. The predicted molar refractivity (Wildman–Crippen MR) is 104 cm³/mol. The first-order valence-electron chi connectivity index (χ1n) is 8.14. The summed E-state index contributed by atoms with van der Waals surface area (Å²) in [7, 11) is 0. The molecule has 0 aliphatic heterocycles. The zero-order valence-electron chi connectivity index (χ0n) is 15.2. The van der Waals surface area contributed by atoms with E-state index in [1.165, 1.54) is 4.88 Å². The van der Waals surface area contributed by atoms with Gasteiger partial charge in [0.05, 0.1) is 10.9 Å². The van der Waals surface area contributed by atoms with Crippen molar-refractivity contribution in [1.82, 2.24) is 9.97 Å². The highest BCUT2D eigenvalue weighted by Crippen LogP contribution is 2.30. The second-order valence-corrected chi connectivity index (χ2v) is 6.77. The average Bonchev–Trinajstić information content (AvgIpc) is 2.92. The Bertz CT molecular complexity index is 770. The topological polar surface area (TPSA) is 124 Å². The molecule has 2 rings (SSSR count). The van der Waals surface area contributed by atoms with Gasteiger partial charge in [0.15, 0.2) is 0 Å². The Morgan fingerprint density at radius 2 is 1.85 bits per heavy atom. The highest BCUT2D eigenvalue weighted by Gasteiger charge is 2.12. The van der Waals surface area contributed by atoms with Crippen LogP contribution in [0.2, 0.25) is 0 Å². The number of aryl methyl sites for hydroxylation is 1. The summed E-state index contributed by atoms with van der Waals surface area (Å²) in [5.74, 6) is -0.863. The molecule has 0 atom stereocenters. The Balaban J connectivity index is 0.000000359. The van der Waals surface area contributed by atoms with E-state index in [1.54, 1.807) is 11.3 Å². The van der Waals surface area contributed by atoms with Gasteiger partial charge in [0.2, 0.25) is 5.95 Å². The number of aromatic nitrogens is 2. The van der Waals surface area contributed by atoms with E-state index in [0.29, 0.717) is 24.1 Å². The molecule has 0 aliphatic carbocycles. The molecular weight excluding hydrogens is 356 g/mol.